The lowest BCUT2D eigenvalue weighted by Gasteiger charge is -2.18. The zero-order chi connectivity index (χ0) is 12.3. The Morgan fingerprint density at radius 1 is 1.56 bits per heavy atom. The lowest BCUT2D eigenvalue weighted by atomic mass is 9.88. The van der Waals surface area contributed by atoms with Crippen molar-refractivity contribution in [2.24, 2.45) is 10.6 Å². The zero-order valence-corrected chi connectivity index (χ0v) is 11.0. The molecule has 1 aromatic heterocycles. The van der Waals surface area contributed by atoms with Crippen molar-refractivity contribution in [2.45, 2.75) is 27.2 Å². The molecule has 5 heteroatoms. The lowest BCUT2D eigenvalue weighted by Crippen LogP contribution is -2.16. The van der Waals surface area contributed by atoms with Crippen LogP contribution < -0.4 is 0 Å². The van der Waals surface area contributed by atoms with Crippen molar-refractivity contribution in [1.29, 1.82) is 0 Å². The summed E-state index contributed by atoms with van der Waals surface area (Å²) in [6.45, 7) is 5.94. The van der Waals surface area contributed by atoms with Crippen LogP contribution >= 0.6 is 15.9 Å². The topological polar surface area (TPSA) is 45.5 Å². The second kappa shape index (κ2) is 4.91. The Labute approximate surface area is 103 Å². The Morgan fingerprint density at radius 3 is 2.62 bits per heavy atom. The molecule has 0 atom stereocenters. The van der Waals surface area contributed by atoms with Gasteiger partial charge in [0.05, 0.1) is 0 Å². The number of hydrogen-bond acceptors (Lipinski definition) is 3. The molecule has 1 heterocycles. The van der Waals surface area contributed by atoms with Gasteiger partial charge in [-0.15, -0.1) is 0 Å². The number of aromatic nitrogens is 1. The smallest absolute Gasteiger partial charge is 0.151 e. The summed E-state index contributed by atoms with van der Waals surface area (Å²) < 4.78 is 14.1. The number of hydrogen-bond donors (Lipinski definition) is 1. The highest BCUT2D eigenvalue weighted by atomic mass is 79.9. The molecule has 0 aliphatic carbocycles. The van der Waals surface area contributed by atoms with Crippen LogP contribution in [0.1, 0.15) is 32.9 Å². The van der Waals surface area contributed by atoms with Crippen LogP contribution in [-0.4, -0.2) is 15.9 Å². The molecule has 0 spiro atoms. The van der Waals surface area contributed by atoms with Crippen LogP contribution in [0, 0.1) is 11.2 Å². The summed E-state index contributed by atoms with van der Waals surface area (Å²) >= 11 is 3.12. The van der Waals surface area contributed by atoms with Gasteiger partial charge in [-0.25, -0.2) is 4.39 Å². The number of nitrogens with zero attached hydrogens (tertiary/aromatic N) is 2. The quantitative estimate of drug-likeness (QED) is 0.513. The maximum atomic E-state index is 13.6. The molecule has 16 heavy (non-hydrogen) atoms. The first-order valence-electron chi connectivity index (χ1n) is 4.86. The van der Waals surface area contributed by atoms with E-state index in [-0.39, 0.29) is 16.8 Å². The molecule has 3 nitrogen and oxygen atoms in total. The summed E-state index contributed by atoms with van der Waals surface area (Å²) in [6, 6.07) is 1.30. The third-order valence-corrected chi connectivity index (χ3v) is 2.33. The van der Waals surface area contributed by atoms with Gasteiger partial charge in [-0.1, -0.05) is 25.9 Å². The minimum absolute atomic E-state index is 0.0945. The molecular formula is C11H14BrFN2O. The Bertz CT molecular complexity index is 413. The molecule has 1 N–H and O–H groups in total. The fourth-order valence-electron chi connectivity index (χ4n) is 1.30. The van der Waals surface area contributed by atoms with Crippen molar-refractivity contribution in [3.05, 3.63) is 28.2 Å². The van der Waals surface area contributed by atoms with Gasteiger partial charge in [0.25, 0.3) is 0 Å². The van der Waals surface area contributed by atoms with Gasteiger partial charge in [0.15, 0.2) is 5.82 Å². The largest absolute Gasteiger partial charge is 0.411 e. The second-order valence-electron chi connectivity index (χ2n) is 4.77. The third kappa shape index (κ3) is 3.56. The fraction of sp³-hybridized carbons (Fsp3) is 0.455. The first-order valence-corrected chi connectivity index (χ1v) is 5.65. The maximum Gasteiger partial charge on any atom is 0.151 e. The zero-order valence-electron chi connectivity index (χ0n) is 9.46. The van der Waals surface area contributed by atoms with Crippen molar-refractivity contribution < 1.29 is 9.60 Å². The van der Waals surface area contributed by atoms with Gasteiger partial charge in [-0.05, 0) is 27.4 Å². The van der Waals surface area contributed by atoms with Crippen LogP contribution in [0.5, 0.6) is 0 Å². The summed E-state index contributed by atoms with van der Waals surface area (Å²) in [4.78, 5) is 3.92. The minimum atomic E-state index is -0.494. The third-order valence-electron chi connectivity index (χ3n) is 1.90. The number of halogens is 2. The van der Waals surface area contributed by atoms with Crippen molar-refractivity contribution in [3.8, 4) is 0 Å². The van der Waals surface area contributed by atoms with E-state index in [2.05, 4.69) is 26.1 Å². The van der Waals surface area contributed by atoms with E-state index in [0.29, 0.717) is 10.9 Å². The van der Waals surface area contributed by atoms with E-state index in [0.717, 1.165) is 0 Å². The van der Waals surface area contributed by atoms with Crippen LogP contribution in [0.3, 0.4) is 0 Å². The van der Waals surface area contributed by atoms with E-state index in [1.165, 1.54) is 12.3 Å². The summed E-state index contributed by atoms with van der Waals surface area (Å²) in [5.41, 5.74) is 0.265. The average Bonchev–Trinajstić information content (AvgIpc) is 2.13. The molecular weight excluding hydrogens is 275 g/mol. The van der Waals surface area contributed by atoms with Crippen LogP contribution in [0.2, 0.25) is 0 Å². The van der Waals surface area contributed by atoms with Crippen molar-refractivity contribution in [2.75, 3.05) is 0 Å². The average molecular weight is 289 g/mol. The van der Waals surface area contributed by atoms with E-state index < -0.39 is 5.82 Å². The molecule has 0 aliphatic heterocycles. The Balaban J connectivity index is 3.06. The fourth-order valence-corrected chi connectivity index (χ4v) is 1.60. The first-order chi connectivity index (χ1) is 7.33. The Kier molecular flexibility index (Phi) is 4.02. The van der Waals surface area contributed by atoms with Gasteiger partial charge < -0.3 is 5.21 Å². The van der Waals surface area contributed by atoms with E-state index in [9.17, 15) is 4.39 Å². The number of pyridine rings is 1. The molecule has 1 rings (SSSR count). The van der Waals surface area contributed by atoms with Crippen LogP contribution in [0.25, 0.3) is 0 Å². The predicted octanol–water partition coefficient (Wildman–Crippen LogP) is 3.60. The van der Waals surface area contributed by atoms with E-state index in [4.69, 9.17) is 5.21 Å². The second-order valence-corrected chi connectivity index (χ2v) is 5.68. The molecule has 0 amide bonds. The summed E-state index contributed by atoms with van der Waals surface area (Å²) in [5, 5.41) is 12.0. The van der Waals surface area contributed by atoms with Crippen LogP contribution in [0.15, 0.2) is 21.9 Å². The maximum absolute atomic E-state index is 13.6. The molecule has 0 radical (unpaired) electrons. The number of oxime groups is 1. The summed E-state index contributed by atoms with van der Waals surface area (Å²) in [7, 11) is 0. The monoisotopic (exact) mass is 288 g/mol. The van der Waals surface area contributed by atoms with E-state index in [1.54, 1.807) is 0 Å². The minimum Gasteiger partial charge on any atom is -0.411 e. The van der Waals surface area contributed by atoms with Gasteiger partial charge >= 0.3 is 0 Å². The first kappa shape index (κ1) is 13.1. The van der Waals surface area contributed by atoms with Gasteiger partial charge in [0.2, 0.25) is 0 Å². The SMILES string of the molecule is CC(C)(C)C/C(=N/O)c1ncc(Br)cc1F. The van der Waals surface area contributed by atoms with Crippen molar-refractivity contribution >= 4 is 21.6 Å². The summed E-state index contributed by atoms with van der Waals surface area (Å²) in [5.74, 6) is -0.494. The van der Waals surface area contributed by atoms with Gasteiger partial charge in [0, 0.05) is 17.1 Å². The Morgan fingerprint density at radius 2 is 2.19 bits per heavy atom. The van der Waals surface area contributed by atoms with E-state index >= 15 is 0 Å². The normalized spacial score (nSPS) is 12.9. The van der Waals surface area contributed by atoms with Crippen molar-refractivity contribution in [1.82, 2.24) is 4.98 Å². The molecule has 0 aliphatic rings. The molecule has 0 aromatic carbocycles. The van der Waals surface area contributed by atoms with Crippen LogP contribution in [-0.2, 0) is 0 Å². The van der Waals surface area contributed by atoms with E-state index in [1.807, 2.05) is 20.8 Å². The highest BCUT2D eigenvalue weighted by Gasteiger charge is 2.20. The summed E-state index contributed by atoms with van der Waals surface area (Å²) in [6.07, 6.45) is 1.93. The highest BCUT2D eigenvalue weighted by Crippen LogP contribution is 2.23. The highest BCUT2D eigenvalue weighted by molar-refractivity contribution is 9.10. The Hall–Kier alpha value is -0.970. The van der Waals surface area contributed by atoms with Gasteiger partial charge in [-0.3, -0.25) is 4.98 Å². The molecule has 0 bridgehead atoms. The predicted molar refractivity (Wildman–Crippen MR) is 64.3 cm³/mol. The van der Waals surface area contributed by atoms with Crippen LogP contribution in [0.4, 0.5) is 4.39 Å². The molecule has 0 unspecified atom stereocenters. The molecule has 0 saturated heterocycles. The number of rotatable bonds is 2. The molecule has 1 aromatic rings. The molecule has 0 saturated carbocycles. The molecule has 0 fully saturated rings. The standard InChI is InChI=1S/C11H14BrFN2O/c1-11(2,3)5-9(15-16)10-8(13)4-7(12)6-14-10/h4,6,16H,5H2,1-3H3/b15-9-. The van der Waals surface area contributed by atoms with Gasteiger partial charge in [-0.2, -0.15) is 0 Å². The lowest BCUT2D eigenvalue weighted by molar-refractivity contribution is 0.312. The van der Waals surface area contributed by atoms with Gasteiger partial charge in [0.1, 0.15) is 11.4 Å². The molecule has 88 valence electrons. The van der Waals surface area contributed by atoms with Crippen molar-refractivity contribution in [3.63, 3.8) is 0 Å².